The molecule has 1 saturated heterocycles. The first-order chi connectivity index (χ1) is 10.2. The Morgan fingerprint density at radius 1 is 1.24 bits per heavy atom. The highest BCUT2D eigenvalue weighted by Gasteiger charge is 2.37. The summed E-state index contributed by atoms with van der Waals surface area (Å²) in [7, 11) is 0. The number of aryl methyl sites for hydroxylation is 1. The van der Waals surface area contributed by atoms with E-state index in [1.165, 1.54) is 38.5 Å². The van der Waals surface area contributed by atoms with Crippen LogP contribution in [0.1, 0.15) is 55.7 Å². The van der Waals surface area contributed by atoms with Crippen molar-refractivity contribution in [1.29, 1.82) is 0 Å². The Morgan fingerprint density at radius 3 is 2.71 bits per heavy atom. The van der Waals surface area contributed by atoms with E-state index in [0.29, 0.717) is 12.6 Å². The maximum Gasteiger partial charge on any atom is 0.123 e. The summed E-state index contributed by atoms with van der Waals surface area (Å²) in [6.07, 6.45) is 8.02. The van der Waals surface area contributed by atoms with E-state index in [0.717, 1.165) is 23.6 Å². The molecule has 0 bridgehead atoms. The molecule has 1 aromatic carbocycles. The Labute approximate surface area is 127 Å². The standard InChI is InChI=1S/C18H27FN2/c1-13-8-9-15(19)11-16(13)18(12-20)21-10-4-7-17(21)14-5-2-3-6-14/h8-9,11,14,17-18H,2-7,10,12,20H2,1H3. The van der Waals surface area contributed by atoms with Crippen LogP contribution in [-0.4, -0.2) is 24.0 Å². The maximum absolute atomic E-state index is 13.7. The number of hydrogen-bond acceptors (Lipinski definition) is 2. The van der Waals surface area contributed by atoms with Gasteiger partial charge in [0.2, 0.25) is 0 Å². The molecule has 1 aromatic rings. The van der Waals surface area contributed by atoms with E-state index in [-0.39, 0.29) is 11.9 Å². The van der Waals surface area contributed by atoms with Crippen LogP contribution in [0, 0.1) is 18.7 Å². The number of hydrogen-bond donors (Lipinski definition) is 1. The Bertz CT molecular complexity index is 482. The number of halogens is 1. The van der Waals surface area contributed by atoms with E-state index < -0.39 is 0 Å². The second kappa shape index (κ2) is 6.45. The molecule has 3 rings (SSSR count). The van der Waals surface area contributed by atoms with Crippen LogP contribution in [0.15, 0.2) is 18.2 Å². The molecule has 2 atom stereocenters. The molecular formula is C18H27FN2. The molecule has 0 spiro atoms. The van der Waals surface area contributed by atoms with Gasteiger partial charge in [0.25, 0.3) is 0 Å². The van der Waals surface area contributed by atoms with E-state index >= 15 is 0 Å². The minimum Gasteiger partial charge on any atom is -0.329 e. The van der Waals surface area contributed by atoms with Crippen molar-refractivity contribution >= 4 is 0 Å². The number of nitrogens with two attached hydrogens (primary N) is 1. The van der Waals surface area contributed by atoms with Crippen molar-refractivity contribution in [1.82, 2.24) is 4.90 Å². The molecule has 1 saturated carbocycles. The molecule has 21 heavy (non-hydrogen) atoms. The summed E-state index contributed by atoms with van der Waals surface area (Å²) in [4.78, 5) is 2.58. The number of nitrogens with zero attached hydrogens (tertiary/aromatic N) is 1. The first-order valence-electron chi connectivity index (χ1n) is 8.42. The highest BCUT2D eigenvalue weighted by molar-refractivity contribution is 5.30. The smallest absolute Gasteiger partial charge is 0.123 e. The van der Waals surface area contributed by atoms with Crippen molar-refractivity contribution in [2.45, 2.75) is 57.5 Å². The second-order valence-corrected chi connectivity index (χ2v) is 6.74. The fraction of sp³-hybridized carbons (Fsp3) is 0.667. The molecule has 0 radical (unpaired) electrons. The van der Waals surface area contributed by atoms with Crippen molar-refractivity contribution in [2.75, 3.05) is 13.1 Å². The van der Waals surface area contributed by atoms with Gasteiger partial charge in [-0.1, -0.05) is 18.9 Å². The molecule has 1 heterocycles. The van der Waals surface area contributed by atoms with Crippen molar-refractivity contribution in [3.05, 3.63) is 35.1 Å². The number of benzene rings is 1. The van der Waals surface area contributed by atoms with Gasteiger partial charge in [-0.15, -0.1) is 0 Å². The molecular weight excluding hydrogens is 263 g/mol. The molecule has 1 aliphatic heterocycles. The molecule has 2 nitrogen and oxygen atoms in total. The summed E-state index contributed by atoms with van der Waals surface area (Å²) < 4.78 is 13.7. The first kappa shape index (κ1) is 15.0. The fourth-order valence-corrected chi connectivity index (χ4v) is 4.46. The van der Waals surface area contributed by atoms with E-state index in [1.54, 1.807) is 12.1 Å². The van der Waals surface area contributed by atoms with E-state index in [4.69, 9.17) is 5.73 Å². The molecule has 116 valence electrons. The monoisotopic (exact) mass is 290 g/mol. The van der Waals surface area contributed by atoms with Crippen LogP contribution in [0.25, 0.3) is 0 Å². The van der Waals surface area contributed by atoms with Gasteiger partial charge in [-0.3, -0.25) is 4.90 Å². The van der Waals surface area contributed by atoms with Gasteiger partial charge in [0.15, 0.2) is 0 Å². The lowest BCUT2D eigenvalue weighted by Crippen LogP contribution is -2.41. The molecule has 2 fully saturated rings. The Balaban J connectivity index is 1.86. The van der Waals surface area contributed by atoms with Crippen LogP contribution in [0.4, 0.5) is 4.39 Å². The minimum absolute atomic E-state index is 0.148. The van der Waals surface area contributed by atoms with Crippen molar-refractivity contribution in [2.24, 2.45) is 11.7 Å². The summed E-state index contributed by atoms with van der Waals surface area (Å²) in [5, 5.41) is 0. The van der Waals surface area contributed by atoms with Gasteiger partial charge in [0.1, 0.15) is 5.82 Å². The van der Waals surface area contributed by atoms with Crippen molar-refractivity contribution in [3.63, 3.8) is 0 Å². The summed E-state index contributed by atoms with van der Waals surface area (Å²) in [5.41, 5.74) is 8.34. The highest BCUT2D eigenvalue weighted by Crippen LogP contribution is 2.39. The Morgan fingerprint density at radius 2 is 2.00 bits per heavy atom. The molecule has 2 aliphatic rings. The normalized spacial score (nSPS) is 25.6. The predicted octanol–water partition coefficient (Wildman–Crippen LogP) is 3.79. The molecule has 1 aliphatic carbocycles. The van der Waals surface area contributed by atoms with Crippen LogP contribution >= 0.6 is 0 Å². The average molecular weight is 290 g/mol. The molecule has 2 N–H and O–H groups in total. The lowest BCUT2D eigenvalue weighted by molar-refractivity contribution is 0.137. The summed E-state index contributed by atoms with van der Waals surface area (Å²) in [5.74, 6) is 0.682. The van der Waals surface area contributed by atoms with E-state index in [9.17, 15) is 4.39 Å². The SMILES string of the molecule is Cc1ccc(F)cc1C(CN)N1CCCC1C1CCCC1. The van der Waals surface area contributed by atoms with Crippen LogP contribution in [0.3, 0.4) is 0 Å². The zero-order valence-electron chi connectivity index (χ0n) is 13.0. The summed E-state index contributed by atoms with van der Waals surface area (Å²) >= 11 is 0. The lowest BCUT2D eigenvalue weighted by atomic mass is 9.93. The predicted molar refractivity (Wildman–Crippen MR) is 84.6 cm³/mol. The quantitative estimate of drug-likeness (QED) is 0.914. The van der Waals surface area contributed by atoms with Crippen LogP contribution in [0.2, 0.25) is 0 Å². The number of likely N-dealkylation sites (tertiary alicyclic amines) is 1. The molecule has 3 heteroatoms. The third-order valence-electron chi connectivity index (χ3n) is 5.51. The van der Waals surface area contributed by atoms with Crippen LogP contribution < -0.4 is 5.73 Å². The Kier molecular flexibility index (Phi) is 4.60. The van der Waals surface area contributed by atoms with Gasteiger partial charge in [0, 0.05) is 18.6 Å². The topological polar surface area (TPSA) is 29.3 Å². The van der Waals surface area contributed by atoms with Crippen LogP contribution in [0.5, 0.6) is 0 Å². The highest BCUT2D eigenvalue weighted by atomic mass is 19.1. The van der Waals surface area contributed by atoms with Crippen molar-refractivity contribution in [3.8, 4) is 0 Å². The van der Waals surface area contributed by atoms with Gasteiger partial charge in [-0.05, 0) is 68.3 Å². The second-order valence-electron chi connectivity index (χ2n) is 6.74. The summed E-state index contributed by atoms with van der Waals surface area (Å²) in [6.45, 7) is 3.75. The number of rotatable bonds is 4. The average Bonchev–Trinajstić information content (AvgIpc) is 3.14. The van der Waals surface area contributed by atoms with Gasteiger partial charge in [0.05, 0.1) is 0 Å². The van der Waals surface area contributed by atoms with E-state index in [2.05, 4.69) is 11.8 Å². The lowest BCUT2D eigenvalue weighted by Gasteiger charge is -2.36. The zero-order chi connectivity index (χ0) is 14.8. The van der Waals surface area contributed by atoms with Gasteiger partial charge in [-0.25, -0.2) is 4.39 Å². The maximum atomic E-state index is 13.7. The first-order valence-corrected chi connectivity index (χ1v) is 8.42. The fourth-order valence-electron chi connectivity index (χ4n) is 4.46. The minimum atomic E-state index is -0.148. The van der Waals surface area contributed by atoms with Gasteiger partial charge >= 0.3 is 0 Å². The largest absolute Gasteiger partial charge is 0.329 e. The molecule has 2 unspecified atom stereocenters. The van der Waals surface area contributed by atoms with Crippen molar-refractivity contribution < 1.29 is 4.39 Å². The summed E-state index contributed by atoms with van der Waals surface area (Å²) in [6, 6.07) is 5.95. The zero-order valence-corrected chi connectivity index (χ0v) is 13.0. The molecule has 0 aromatic heterocycles. The Hall–Kier alpha value is -0.930. The van der Waals surface area contributed by atoms with Crippen LogP contribution in [-0.2, 0) is 0 Å². The third-order valence-corrected chi connectivity index (χ3v) is 5.51. The van der Waals surface area contributed by atoms with E-state index in [1.807, 2.05) is 6.07 Å². The third kappa shape index (κ3) is 3.00. The molecule has 0 amide bonds. The van der Waals surface area contributed by atoms with Gasteiger partial charge < -0.3 is 5.73 Å². The van der Waals surface area contributed by atoms with Gasteiger partial charge in [-0.2, -0.15) is 0 Å².